The molecule has 1 aromatic carbocycles. The van der Waals surface area contributed by atoms with E-state index < -0.39 is 0 Å². The van der Waals surface area contributed by atoms with Crippen LogP contribution < -0.4 is 10.2 Å². The molecule has 0 aliphatic carbocycles. The van der Waals surface area contributed by atoms with Gasteiger partial charge in [-0.25, -0.2) is 19.2 Å². The summed E-state index contributed by atoms with van der Waals surface area (Å²) in [6.07, 6.45) is 0.323. The summed E-state index contributed by atoms with van der Waals surface area (Å²) >= 11 is 6.24. The van der Waals surface area contributed by atoms with Gasteiger partial charge in [-0.1, -0.05) is 17.7 Å². The average Bonchev–Trinajstić information content (AvgIpc) is 2.66. The molecule has 150 valence electrons. The van der Waals surface area contributed by atoms with E-state index >= 15 is 0 Å². The van der Waals surface area contributed by atoms with Gasteiger partial charge in [0.2, 0.25) is 0 Å². The van der Waals surface area contributed by atoms with E-state index in [9.17, 15) is 9.18 Å². The van der Waals surface area contributed by atoms with Crippen LogP contribution in [0.15, 0.2) is 18.2 Å². The Bertz CT molecular complexity index is 848. The largest absolute Gasteiger partial charge is 0.353 e. The van der Waals surface area contributed by atoms with Gasteiger partial charge in [-0.2, -0.15) is 0 Å². The number of carbonyl (C=O) groups excluding carboxylic acids is 1. The minimum Gasteiger partial charge on any atom is -0.353 e. The molecule has 0 unspecified atom stereocenters. The van der Waals surface area contributed by atoms with E-state index in [1.165, 1.54) is 6.07 Å². The van der Waals surface area contributed by atoms with E-state index in [0.29, 0.717) is 55.6 Å². The smallest absolute Gasteiger partial charge is 0.317 e. The number of urea groups is 1. The Morgan fingerprint density at radius 3 is 2.54 bits per heavy atom. The van der Waals surface area contributed by atoms with Gasteiger partial charge >= 0.3 is 6.03 Å². The first-order chi connectivity index (χ1) is 13.4. The molecule has 0 atom stereocenters. The van der Waals surface area contributed by atoms with Crippen LogP contribution >= 0.6 is 11.6 Å². The third-order valence-corrected chi connectivity index (χ3v) is 5.27. The van der Waals surface area contributed by atoms with Gasteiger partial charge in [-0.3, -0.25) is 0 Å². The molecule has 6 nitrogen and oxygen atoms in total. The summed E-state index contributed by atoms with van der Waals surface area (Å²) in [5.74, 6) is 1.13. The van der Waals surface area contributed by atoms with Crippen molar-refractivity contribution in [2.45, 2.75) is 27.2 Å². The van der Waals surface area contributed by atoms with Crippen LogP contribution in [0.4, 0.5) is 15.0 Å². The number of piperazine rings is 1. The summed E-state index contributed by atoms with van der Waals surface area (Å²) in [6.45, 7) is 8.80. The Hall–Kier alpha value is -2.41. The van der Waals surface area contributed by atoms with Gasteiger partial charge in [0, 0.05) is 61.0 Å². The van der Waals surface area contributed by atoms with Crippen LogP contribution in [-0.2, 0) is 6.42 Å². The maximum atomic E-state index is 14.3. The maximum Gasteiger partial charge on any atom is 0.317 e. The number of amides is 2. The summed E-state index contributed by atoms with van der Waals surface area (Å²) in [4.78, 5) is 25.1. The molecule has 0 saturated carbocycles. The fourth-order valence-corrected chi connectivity index (χ4v) is 3.68. The number of halogens is 2. The van der Waals surface area contributed by atoms with E-state index in [4.69, 9.17) is 11.6 Å². The van der Waals surface area contributed by atoms with Gasteiger partial charge in [0.1, 0.15) is 17.5 Å². The summed E-state index contributed by atoms with van der Waals surface area (Å²) in [5, 5.41) is 3.23. The summed E-state index contributed by atoms with van der Waals surface area (Å²) in [6, 6.07) is 4.66. The zero-order valence-corrected chi connectivity index (χ0v) is 17.2. The predicted octanol–water partition coefficient (Wildman–Crippen LogP) is 3.33. The van der Waals surface area contributed by atoms with Gasteiger partial charge in [-0.15, -0.1) is 0 Å². The molecule has 2 aromatic rings. The number of aryl methyl sites for hydroxylation is 2. The highest BCUT2D eigenvalue weighted by atomic mass is 35.5. The van der Waals surface area contributed by atoms with Crippen molar-refractivity contribution in [1.29, 1.82) is 0 Å². The van der Waals surface area contributed by atoms with Gasteiger partial charge in [0.05, 0.1) is 0 Å². The third-order valence-electron chi connectivity index (χ3n) is 4.91. The van der Waals surface area contributed by atoms with Crippen molar-refractivity contribution in [3.63, 3.8) is 0 Å². The number of aromatic nitrogens is 2. The lowest BCUT2D eigenvalue weighted by Crippen LogP contribution is -2.52. The Balaban J connectivity index is 1.87. The molecule has 0 radical (unpaired) electrons. The molecule has 8 heteroatoms. The molecule has 2 amide bonds. The number of nitrogens with zero attached hydrogens (tertiary/aromatic N) is 4. The minimum absolute atomic E-state index is 0.0458. The van der Waals surface area contributed by atoms with Crippen molar-refractivity contribution >= 4 is 23.4 Å². The van der Waals surface area contributed by atoms with E-state index in [0.717, 1.165) is 17.1 Å². The average molecular weight is 406 g/mol. The van der Waals surface area contributed by atoms with E-state index in [1.54, 1.807) is 17.0 Å². The first-order valence-corrected chi connectivity index (χ1v) is 9.83. The van der Waals surface area contributed by atoms with Crippen LogP contribution in [0.5, 0.6) is 0 Å². The molecule has 1 saturated heterocycles. The second kappa shape index (κ2) is 8.73. The van der Waals surface area contributed by atoms with Crippen molar-refractivity contribution in [3.8, 4) is 0 Å². The lowest BCUT2D eigenvalue weighted by Gasteiger charge is -2.36. The first-order valence-electron chi connectivity index (χ1n) is 9.45. The molecule has 1 aliphatic rings. The molecule has 2 heterocycles. The Kier molecular flexibility index (Phi) is 6.34. The highest BCUT2D eigenvalue weighted by Gasteiger charge is 2.25. The van der Waals surface area contributed by atoms with Crippen LogP contribution in [0.2, 0.25) is 5.02 Å². The van der Waals surface area contributed by atoms with Crippen LogP contribution in [0.25, 0.3) is 0 Å². The highest BCUT2D eigenvalue weighted by Crippen LogP contribution is 2.29. The fourth-order valence-electron chi connectivity index (χ4n) is 3.45. The zero-order chi connectivity index (χ0) is 20.3. The number of benzene rings is 1. The lowest BCUT2D eigenvalue weighted by molar-refractivity contribution is 0.195. The molecule has 3 rings (SSSR count). The molecular weight excluding hydrogens is 381 g/mol. The molecule has 1 aliphatic heterocycles. The van der Waals surface area contributed by atoms with Crippen LogP contribution in [-0.4, -0.2) is 53.6 Å². The lowest BCUT2D eigenvalue weighted by atomic mass is 10.0. The zero-order valence-electron chi connectivity index (χ0n) is 16.4. The second-order valence-electron chi connectivity index (χ2n) is 6.84. The fraction of sp³-hybridized carbons (Fsp3) is 0.450. The predicted molar refractivity (Wildman–Crippen MR) is 109 cm³/mol. The number of hydrogen-bond donors (Lipinski definition) is 1. The molecule has 1 N–H and O–H groups in total. The number of carbonyl (C=O) groups is 1. The van der Waals surface area contributed by atoms with Crippen LogP contribution in [0.1, 0.15) is 29.6 Å². The van der Waals surface area contributed by atoms with Crippen molar-refractivity contribution in [3.05, 3.63) is 51.7 Å². The minimum atomic E-state index is -0.334. The Morgan fingerprint density at radius 1 is 1.18 bits per heavy atom. The standard InChI is InChI=1S/C20H25ClFN5O/c1-4-23-20(28)27-10-8-26(9-11-27)19-15(13(2)24-14(3)25-19)12-16-17(21)6-5-7-18(16)22/h5-7H,4,8-12H2,1-3H3,(H,23,28). The van der Waals surface area contributed by atoms with Crippen LogP contribution in [0.3, 0.4) is 0 Å². The first kappa shape index (κ1) is 20.3. The maximum absolute atomic E-state index is 14.3. The number of rotatable bonds is 4. The molecule has 1 aromatic heterocycles. The van der Waals surface area contributed by atoms with Crippen molar-refractivity contribution in [1.82, 2.24) is 20.2 Å². The van der Waals surface area contributed by atoms with Crippen LogP contribution in [0, 0.1) is 19.7 Å². The summed E-state index contributed by atoms with van der Waals surface area (Å²) in [5.41, 5.74) is 2.12. The molecular formula is C20H25ClFN5O. The molecule has 0 spiro atoms. The highest BCUT2D eigenvalue weighted by molar-refractivity contribution is 6.31. The molecule has 0 bridgehead atoms. The Morgan fingerprint density at radius 2 is 1.89 bits per heavy atom. The topological polar surface area (TPSA) is 61.4 Å². The quantitative estimate of drug-likeness (QED) is 0.847. The van der Waals surface area contributed by atoms with E-state index in [2.05, 4.69) is 20.2 Å². The van der Waals surface area contributed by atoms with Crippen molar-refractivity contribution in [2.24, 2.45) is 0 Å². The number of anilines is 1. The number of nitrogens with one attached hydrogen (secondary N) is 1. The van der Waals surface area contributed by atoms with E-state index in [1.807, 2.05) is 20.8 Å². The monoisotopic (exact) mass is 405 g/mol. The van der Waals surface area contributed by atoms with Gasteiger partial charge < -0.3 is 15.1 Å². The van der Waals surface area contributed by atoms with Crippen molar-refractivity contribution in [2.75, 3.05) is 37.6 Å². The molecule has 28 heavy (non-hydrogen) atoms. The Labute approximate surface area is 169 Å². The number of hydrogen-bond acceptors (Lipinski definition) is 4. The SMILES string of the molecule is CCNC(=O)N1CCN(c2nc(C)nc(C)c2Cc2c(F)cccc2Cl)CC1. The van der Waals surface area contributed by atoms with Crippen molar-refractivity contribution < 1.29 is 9.18 Å². The van der Waals surface area contributed by atoms with E-state index in [-0.39, 0.29) is 11.8 Å². The van der Waals surface area contributed by atoms with Gasteiger partial charge in [0.15, 0.2) is 0 Å². The van der Waals surface area contributed by atoms with Gasteiger partial charge in [-0.05, 0) is 32.9 Å². The normalized spacial score (nSPS) is 14.3. The second-order valence-corrected chi connectivity index (χ2v) is 7.25. The van der Waals surface area contributed by atoms with Gasteiger partial charge in [0.25, 0.3) is 0 Å². The summed E-state index contributed by atoms with van der Waals surface area (Å²) < 4.78 is 14.3. The third kappa shape index (κ3) is 4.35. The molecule has 1 fully saturated rings. The summed E-state index contributed by atoms with van der Waals surface area (Å²) in [7, 11) is 0.